The quantitative estimate of drug-likeness (QED) is 0.527. The number of ether oxygens (including phenoxy) is 1. The molecule has 2 fully saturated rings. The summed E-state index contributed by atoms with van der Waals surface area (Å²) >= 11 is 0. The van der Waals surface area contributed by atoms with Crippen LogP contribution < -0.4 is 11.1 Å². The molecule has 0 bridgehead atoms. The molecule has 4 N–H and O–H groups in total. The van der Waals surface area contributed by atoms with Crippen LogP contribution >= 0.6 is 0 Å². The zero-order valence-corrected chi connectivity index (χ0v) is 8.76. The van der Waals surface area contributed by atoms with Crippen LogP contribution in [0.3, 0.4) is 0 Å². The monoisotopic (exact) mass is 229 g/mol. The van der Waals surface area contributed by atoms with Crippen LogP contribution in [0.5, 0.6) is 0 Å². The molecule has 7 nitrogen and oxygen atoms in total. The first-order chi connectivity index (χ1) is 7.61. The topological polar surface area (TPSA) is 105 Å². The van der Waals surface area contributed by atoms with Gasteiger partial charge in [-0.2, -0.15) is 0 Å². The highest BCUT2D eigenvalue weighted by Crippen LogP contribution is 2.23. The fourth-order valence-corrected chi connectivity index (χ4v) is 1.97. The fraction of sp³-hybridized carbons (Fsp3) is 0.778. The summed E-state index contributed by atoms with van der Waals surface area (Å²) in [6.45, 7) is 0.173. The lowest BCUT2D eigenvalue weighted by molar-refractivity contribution is -0.123. The van der Waals surface area contributed by atoms with Crippen LogP contribution in [0, 0.1) is 0 Å². The molecule has 2 saturated heterocycles. The van der Waals surface area contributed by atoms with E-state index in [4.69, 9.17) is 15.6 Å². The third kappa shape index (κ3) is 2.01. The van der Waals surface area contributed by atoms with E-state index in [9.17, 15) is 9.59 Å². The van der Waals surface area contributed by atoms with Crippen LogP contribution in [0.4, 0.5) is 4.79 Å². The van der Waals surface area contributed by atoms with E-state index in [0.29, 0.717) is 13.0 Å². The highest BCUT2D eigenvalue weighted by Gasteiger charge is 2.39. The number of imide groups is 1. The van der Waals surface area contributed by atoms with Crippen molar-refractivity contribution in [2.45, 2.75) is 31.2 Å². The van der Waals surface area contributed by atoms with Crippen molar-refractivity contribution in [2.75, 3.05) is 13.2 Å². The number of aliphatic hydroxyl groups excluding tert-OH is 1. The Morgan fingerprint density at radius 1 is 1.56 bits per heavy atom. The molecule has 0 aromatic rings. The van der Waals surface area contributed by atoms with E-state index in [2.05, 4.69) is 5.32 Å². The number of nitrogens with one attached hydrogen (secondary N) is 1. The van der Waals surface area contributed by atoms with E-state index in [1.807, 2.05) is 0 Å². The van der Waals surface area contributed by atoms with Crippen molar-refractivity contribution in [1.82, 2.24) is 10.2 Å². The van der Waals surface area contributed by atoms with Crippen molar-refractivity contribution in [3.8, 4) is 0 Å². The largest absolute Gasteiger partial charge is 0.394 e. The lowest BCUT2D eigenvalue weighted by Gasteiger charge is -2.31. The van der Waals surface area contributed by atoms with Crippen molar-refractivity contribution in [1.29, 1.82) is 0 Å². The summed E-state index contributed by atoms with van der Waals surface area (Å²) in [6.07, 6.45) is -0.132. The molecule has 0 spiro atoms. The number of nitrogens with zero attached hydrogens (tertiary/aromatic N) is 1. The van der Waals surface area contributed by atoms with Gasteiger partial charge in [0.05, 0.1) is 12.7 Å². The molecule has 7 heteroatoms. The number of carbonyl (C=O) groups is 2. The van der Waals surface area contributed by atoms with Gasteiger partial charge >= 0.3 is 6.03 Å². The molecule has 0 aromatic carbocycles. The first-order valence-electron chi connectivity index (χ1n) is 5.24. The molecule has 2 aliphatic rings. The summed E-state index contributed by atoms with van der Waals surface area (Å²) in [7, 11) is 0. The Morgan fingerprint density at radius 3 is 2.88 bits per heavy atom. The standard InChI is InChI=1S/C9H15N3O4/c10-5-3-8(16-6(5)4-13)12-2-1-7(14)11-9(12)15/h5-6,8,13H,1-4,10H2,(H,11,14,15)/t5-,6+,8+/m0/s1. The molecule has 0 radical (unpaired) electrons. The lowest BCUT2D eigenvalue weighted by Crippen LogP contribution is -2.53. The second kappa shape index (κ2) is 4.36. The molecule has 90 valence electrons. The van der Waals surface area contributed by atoms with E-state index in [0.717, 1.165) is 0 Å². The van der Waals surface area contributed by atoms with Gasteiger partial charge in [0.2, 0.25) is 5.91 Å². The molecule has 0 aromatic heterocycles. The summed E-state index contributed by atoms with van der Waals surface area (Å²) in [5.41, 5.74) is 5.75. The lowest BCUT2D eigenvalue weighted by atomic mass is 10.1. The van der Waals surface area contributed by atoms with Crippen LogP contribution in [0.1, 0.15) is 12.8 Å². The Hall–Kier alpha value is -1.18. The number of hydrogen-bond acceptors (Lipinski definition) is 5. The maximum Gasteiger partial charge on any atom is 0.326 e. The number of carbonyl (C=O) groups excluding carboxylic acids is 2. The molecule has 3 amide bonds. The van der Waals surface area contributed by atoms with Crippen LogP contribution in [-0.4, -0.2) is 53.5 Å². The average molecular weight is 229 g/mol. The maximum absolute atomic E-state index is 11.5. The predicted octanol–water partition coefficient (Wildman–Crippen LogP) is -1.64. The van der Waals surface area contributed by atoms with Crippen LogP contribution in [0.2, 0.25) is 0 Å². The second-order valence-electron chi connectivity index (χ2n) is 4.01. The van der Waals surface area contributed by atoms with Gasteiger partial charge in [0.15, 0.2) is 0 Å². The number of urea groups is 1. The van der Waals surface area contributed by atoms with Crippen LogP contribution in [-0.2, 0) is 9.53 Å². The molecule has 0 saturated carbocycles. The van der Waals surface area contributed by atoms with Crippen LogP contribution in [0.25, 0.3) is 0 Å². The van der Waals surface area contributed by atoms with Gasteiger partial charge in [-0.3, -0.25) is 15.0 Å². The molecular formula is C9H15N3O4. The minimum atomic E-state index is -0.452. The highest BCUT2D eigenvalue weighted by atomic mass is 16.5. The first kappa shape index (κ1) is 11.3. The summed E-state index contributed by atoms with van der Waals surface area (Å²) < 4.78 is 5.45. The van der Waals surface area contributed by atoms with E-state index < -0.39 is 18.4 Å². The second-order valence-corrected chi connectivity index (χ2v) is 4.01. The van der Waals surface area contributed by atoms with Gasteiger partial charge in [0.25, 0.3) is 0 Å². The smallest absolute Gasteiger partial charge is 0.326 e. The minimum Gasteiger partial charge on any atom is -0.394 e. The molecule has 16 heavy (non-hydrogen) atoms. The van der Waals surface area contributed by atoms with Gasteiger partial charge < -0.3 is 15.6 Å². The minimum absolute atomic E-state index is 0.161. The normalized spacial score (nSPS) is 35.4. The summed E-state index contributed by atoms with van der Waals surface area (Å²) in [6, 6.07) is -0.729. The van der Waals surface area contributed by atoms with E-state index in [1.165, 1.54) is 4.90 Å². The first-order valence-corrected chi connectivity index (χ1v) is 5.24. The van der Waals surface area contributed by atoms with Crippen molar-refractivity contribution in [3.05, 3.63) is 0 Å². The van der Waals surface area contributed by atoms with Gasteiger partial charge in [-0.1, -0.05) is 0 Å². The Morgan fingerprint density at radius 2 is 2.31 bits per heavy atom. The Bertz CT molecular complexity index is 309. The van der Waals surface area contributed by atoms with Gasteiger partial charge in [-0.15, -0.1) is 0 Å². The van der Waals surface area contributed by atoms with Gasteiger partial charge in [0.1, 0.15) is 6.23 Å². The third-order valence-electron chi connectivity index (χ3n) is 2.90. The van der Waals surface area contributed by atoms with Crippen LogP contribution in [0.15, 0.2) is 0 Å². The average Bonchev–Trinajstić information content (AvgIpc) is 2.59. The summed E-state index contributed by atoms with van der Waals surface area (Å²) in [5, 5.41) is 11.2. The van der Waals surface area contributed by atoms with Crippen molar-refractivity contribution in [3.63, 3.8) is 0 Å². The third-order valence-corrected chi connectivity index (χ3v) is 2.90. The SMILES string of the molecule is N[C@H]1C[C@H](N2CCC(=O)NC2=O)O[C@@H]1CO. The van der Waals surface area contributed by atoms with E-state index in [1.54, 1.807) is 0 Å². The molecular weight excluding hydrogens is 214 g/mol. The zero-order chi connectivity index (χ0) is 11.7. The van der Waals surface area contributed by atoms with Crippen molar-refractivity contribution >= 4 is 11.9 Å². The molecule has 2 heterocycles. The molecule has 2 rings (SSSR count). The number of amides is 3. The number of hydrogen-bond donors (Lipinski definition) is 3. The molecule has 2 aliphatic heterocycles. The maximum atomic E-state index is 11.5. The molecule has 0 unspecified atom stereocenters. The van der Waals surface area contributed by atoms with E-state index in [-0.39, 0.29) is 25.0 Å². The molecule has 3 atom stereocenters. The van der Waals surface area contributed by atoms with Gasteiger partial charge in [0, 0.05) is 25.4 Å². The van der Waals surface area contributed by atoms with Gasteiger partial charge in [-0.05, 0) is 0 Å². The number of nitrogens with two attached hydrogens (primary N) is 1. The van der Waals surface area contributed by atoms with Gasteiger partial charge in [-0.25, -0.2) is 4.79 Å². The Kier molecular flexibility index (Phi) is 3.08. The molecule has 0 aliphatic carbocycles. The number of rotatable bonds is 2. The zero-order valence-electron chi connectivity index (χ0n) is 8.76. The van der Waals surface area contributed by atoms with Crippen molar-refractivity contribution in [2.24, 2.45) is 5.73 Å². The number of aliphatic hydroxyl groups is 1. The highest BCUT2D eigenvalue weighted by molar-refractivity contribution is 5.96. The Balaban J connectivity index is 1.98. The predicted molar refractivity (Wildman–Crippen MR) is 53.2 cm³/mol. The summed E-state index contributed by atoms with van der Waals surface area (Å²) in [4.78, 5) is 23.9. The summed E-state index contributed by atoms with van der Waals surface area (Å²) in [5.74, 6) is -0.276. The Labute approximate surface area is 92.5 Å². The fourth-order valence-electron chi connectivity index (χ4n) is 1.97. The van der Waals surface area contributed by atoms with E-state index >= 15 is 0 Å². The van der Waals surface area contributed by atoms with Crippen molar-refractivity contribution < 1.29 is 19.4 Å².